The second kappa shape index (κ2) is 8.70. The van der Waals surface area contributed by atoms with Gasteiger partial charge in [-0.15, -0.1) is 11.3 Å². The van der Waals surface area contributed by atoms with Crippen LogP contribution in [0.2, 0.25) is 0 Å². The van der Waals surface area contributed by atoms with Crippen molar-refractivity contribution < 1.29 is 19.1 Å². The molecule has 1 aliphatic heterocycles. The van der Waals surface area contributed by atoms with Gasteiger partial charge in [0.25, 0.3) is 0 Å². The maximum atomic E-state index is 12.3. The number of thiophene rings is 1. The average molecular weight is 323 g/mol. The lowest BCUT2D eigenvalue weighted by Crippen LogP contribution is -2.40. The number of carbonyl (C=O) groups excluding carboxylic acids is 2. The molecule has 0 saturated carbocycles. The van der Waals surface area contributed by atoms with Gasteiger partial charge in [0.1, 0.15) is 6.54 Å². The monoisotopic (exact) mass is 323 g/mol. The van der Waals surface area contributed by atoms with Crippen LogP contribution in [0.15, 0.2) is 23.6 Å². The van der Waals surface area contributed by atoms with E-state index >= 15 is 0 Å². The molecule has 120 valence electrons. The zero-order valence-electron chi connectivity index (χ0n) is 12.7. The Hall–Kier alpha value is -1.66. The molecule has 1 atom stereocenters. The number of hydrogen-bond donors (Lipinski definition) is 0. The molecule has 1 aliphatic rings. The fraction of sp³-hybridized carbons (Fsp3) is 0.500. The molecule has 1 aromatic rings. The molecule has 0 spiro atoms. The summed E-state index contributed by atoms with van der Waals surface area (Å²) >= 11 is 1.56. The Kier molecular flexibility index (Phi) is 6.61. The van der Waals surface area contributed by atoms with E-state index < -0.39 is 5.97 Å². The van der Waals surface area contributed by atoms with Gasteiger partial charge in [0.05, 0.1) is 12.7 Å². The van der Waals surface area contributed by atoms with Crippen molar-refractivity contribution in [2.45, 2.75) is 25.9 Å². The van der Waals surface area contributed by atoms with E-state index in [2.05, 4.69) is 0 Å². The quantitative estimate of drug-likeness (QED) is 0.571. The number of hydrogen-bond acceptors (Lipinski definition) is 5. The second-order valence-corrected chi connectivity index (χ2v) is 5.99. The van der Waals surface area contributed by atoms with E-state index in [9.17, 15) is 9.59 Å². The Bertz CT molecular complexity index is 506. The minimum Gasteiger partial charge on any atom is -0.465 e. The van der Waals surface area contributed by atoms with Crippen LogP contribution in [0.4, 0.5) is 0 Å². The number of rotatable bonds is 7. The van der Waals surface area contributed by atoms with E-state index in [1.807, 2.05) is 17.5 Å². The van der Waals surface area contributed by atoms with Gasteiger partial charge in [-0.2, -0.15) is 0 Å². The van der Waals surface area contributed by atoms with Gasteiger partial charge >= 0.3 is 5.97 Å². The van der Waals surface area contributed by atoms with E-state index in [1.165, 1.54) is 11.0 Å². The third-order valence-electron chi connectivity index (χ3n) is 3.32. The summed E-state index contributed by atoms with van der Waals surface area (Å²) in [6.45, 7) is 3.16. The first kappa shape index (κ1) is 16.7. The first-order valence-corrected chi connectivity index (χ1v) is 8.34. The van der Waals surface area contributed by atoms with E-state index in [0.29, 0.717) is 13.2 Å². The van der Waals surface area contributed by atoms with Crippen molar-refractivity contribution in [3.8, 4) is 0 Å². The predicted octanol–water partition coefficient (Wildman–Crippen LogP) is 2.33. The topological polar surface area (TPSA) is 55.8 Å². The molecule has 2 rings (SSSR count). The zero-order valence-corrected chi connectivity index (χ0v) is 13.5. The normalized spacial score (nSPS) is 17.8. The fourth-order valence-electron chi connectivity index (χ4n) is 2.27. The molecule has 0 unspecified atom stereocenters. The van der Waals surface area contributed by atoms with E-state index in [0.717, 1.165) is 24.3 Å². The molecule has 1 saturated heterocycles. The molecule has 0 aromatic carbocycles. The zero-order chi connectivity index (χ0) is 15.8. The summed E-state index contributed by atoms with van der Waals surface area (Å²) in [5, 5.41) is 1.95. The molecular weight excluding hydrogens is 302 g/mol. The van der Waals surface area contributed by atoms with Crippen molar-refractivity contribution >= 4 is 29.3 Å². The largest absolute Gasteiger partial charge is 0.465 e. The summed E-state index contributed by atoms with van der Waals surface area (Å²) in [5.41, 5.74) is 0. The van der Waals surface area contributed by atoms with Gasteiger partial charge in [-0.3, -0.25) is 9.59 Å². The van der Waals surface area contributed by atoms with Crippen LogP contribution in [-0.4, -0.2) is 49.2 Å². The molecule has 5 nitrogen and oxygen atoms in total. The average Bonchev–Trinajstić information content (AvgIpc) is 3.17. The number of carbonyl (C=O) groups is 2. The highest BCUT2D eigenvalue weighted by Gasteiger charge is 2.23. The summed E-state index contributed by atoms with van der Waals surface area (Å²) in [7, 11) is 0. The maximum Gasteiger partial charge on any atom is 0.325 e. The van der Waals surface area contributed by atoms with Gasteiger partial charge in [0, 0.05) is 24.1 Å². The van der Waals surface area contributed by atoms with Gasteiger partial charge in [0.15, 0.2) is 0 Å². The van der Waals surface area contributed by atoms with E-state index in [4.69, 9.17) is 9.47 Å². The fourth-order valence-corrected chi connectivity index (χ4v) is 2.89. The molecule has 6 heteroatoms. The molecular formula is C16H21NO4S. The first-order chi connectivity index (χ1) is 10.7. The van der Waals surface area contributed by atoms with Crippen LogP contribution < -0.4 is 0 Å². The van der Waals surface area contributed by atoms with E-state index in [1.54, 1.807) is 24.3 Å². The highest BCUT2D eigenvalue weighted by molar-refractivity contribution is 7.10. The summed E-state index contributed by atoms with van der Waals surface area (Å²) in [5.74, 6) is -0.588. The maximum absolute atomic E-state index is 12.3. The summed E-state index contributed by atoms with van der Waals surface area (Å²) in [4.78, 5) is 26.5. The minimum absolute atomic E-state index is 0.00788. The molecule has 0 aliphatic carbocycles. The molecule has 2 heterocycles. The Morgan fingerprint density at radius 2 is 2.41 bits per heavy atom. The van der Waals surface area contributed by atoms with Crippen LogP contribution in [0.3, 0.4) is 0 Å². The first-order valence-electron chi connectivity index (χ1n) is 7.46. The van der Waals surface area contributed by atoms with Gasteiger partial charge < -0.3 is 14.4 Å². The smallest absolute Gasteiger partial charge is 0.325 e. The van der Waals surface area contributed by atoms with Crippen molar-refractivity contribution in [2.75, 3.05) is 26.3 Å². The Morgan fingerprint density at radius 3 is 3.05 bits per heavy atom. The molecule has 1 aromatic heterocycles. The van der Waals surface area contributed by atoms with Crippen molar-refractivity contribution in [1.29, 1.82) is 0 Å². The summed E-state index contributed by atoms with van der Waals surface area (Å²) in [6, 6.07) is 3.86. The van der Waals surface area contributed by atoms with Crippen molar-refractivity contribution in [3.63, 3.8) is 0 Å². The van der Waals surface area contributed by atoms with Gasteiger partial charge in [-0.25, -0.2) is 0 Å². The van der Waals surface area contributed by atoms with Gasteiger partial charge in [-0.05, 0) is 37.3 Å². The third kappa shape index (κ3) is 5.27. The molecule has 0 radical (unpaired) electrons. The molecule has 22 heavy (non-hydrogen) atoms. The second-order valence-electron chi connectivity index (χ2n) is 5.01. The summed E-state index contributed by atoms with van der Waals surface area (Å²) < 4.78 is 10.5. The van der Waals surface area contributed by atoms with Crippen molar-refractivity contribution in [2.24, 2.45) is 0 Å². The van der Waals surface area contributed by atoms with Crippen LogP contribution in [0.1, 0.15) is 24.6 Å². The Balaban J connectivity index is 1.97. The number of ether oxygens (including phenoxy) is 2. The van der Waals surface area contributed by atoms with Crippen molar-refractivity contribution in [1.82, 2.24) is 4.90 Å². The van der Waals surface area contributed by atoms with Crippen LogP contribution in [0, 0.1) is 0 Å². The highest BCUT2D eigenvalue weighted by atomic mass is 32.1. The third-order valence-corrected chi connectivity index (χ3v) is 4.16. The lowest BCUT2D eigenvalue weighted by molar-refractivity contribution is -0.148. The van der Waals surface area contributed by atoms with E-state index in [-0.39, 0.29) is 18.6 Å². The van der Waals surface area contributed by atoms with Crippen LogP contribution in [0.25, 0.3) is 6.08 Å². The SMILES string of the molecule is CCOC(=O)CN(C[C@H]1CCCO1)C(=O)/C=C/c1cccs1. The highest BCUT2D eigenvalue weighted by Crippen LogP contribution is 2.15. The predicted molar refractivity (Wildman–Crippen MR) is 85.5 cm³/mol. The lowest BCUT2D eigenvalue weighted by Gasteiger charge is -2.23. The Labute approximate surface area is 134 Å². The standard InChI is InChI=1S/C16H21NO4S/c1-2-20-16(19)12-17(11-13-5-3-9-21-13)15(18)8-7-14-6-4-10-22-14/h4,6-8,10,13H,2-3,5,9,11-12H2,1H3/b8-7+/t13-/m1/s1. The number of esters is 1. The molecule has 0 N–H and O–H groups in total. The van der Waals surface area contributed by atoms with Crippen LogP contribution in [0.5, 0.6) is 0 Å². The minimum atomic E-state index is -0.390. The van der Waals surface area contributed by atoms with Gasteiger partial charge in [0.2, 0.25) is 5.91 Å². The molecule has 1 amide bonds. The number of nitrogens with zero attached hydrogens (tertiary/aromatic N) is 1. The molecule has 1 fully saturated rings. The lowest BCUT2D eigenvalue weighted by atomic mass is 10.2. The van der Waals surface area contributed by atoms with Gasteiger partial charge in [-0.1, -0.05) is 6.07 Å². The Morgan fingerprint density at radius 1 is 1.55 bits per heavy atom. The summed E-state index contributed by atoms with van der Waals surface area (Å²) in [6.07, 6.45) is 5.19. The van der Waals surface area contributed by atoms with Crippen LogP contribution in [-0.2, 0) is 19.1 Å². The van der Waals surface area contributed by atoms with Crippen molar-refractivity contribution in [3.05, 3.63) is 28.5 Å². The molecule has 0 bridgehead atoms. The van der Waals surface area contributed by atoms with Crippen LogP contribution >= 0.6 is 11.3 Å². The number of amides is 1.